The van der Waals surface area contributed by atoms with E-state index in [2.05, 4.69) is 20.5 Å². The number of hydrogen-bond donors (Lipinski definition) is 2. The number of rotatable bonds is 4. The lowest BCUT2D eigenvalue weighted by molar-refractivity contribution is -0.115. The molecule has 0 spiro atoms. The number of anilines is 2. The number of amides is 2. The van der Waals surface area contributed by atoms with Crippen LogP contribution in [-0.4, -0.2) is 53.3 Å². The Morgan fingerprint density at radius 1 is 1.41 bits per heavy atom. The number of thioether (sulfide) groups is 1. The summed E-state index contributed by atoms with van der Waals surface area (Å²) in [5, 5.41) is 8.12. The van der Waals surface area contributed by atoms with Crippen LogP contribution < -0.4 is 10.6 Å². The Bertz CT molecular complexity index is 864. The van der Waals surface area contributed by atoms with Gasteiger partial charge in [0.2, 0.25) is 5.91 Å². The Labute approximate surface area is 165 Å². The standard InChI is InChI=1S/C18H20N4O3S2/c1-11-16(23)20-14-8-12(2-3-15(14)27-11)17(24)21-18-19-13(10-26-18)9-22-4-6-25-7-5-22/h2-3,8,10-11H,4-7,9H2,1H3,(H,20,23)(H,19,21,24)/t11-/m1/s1. The number of thiazole rings is 1. The van der Waals surface area contributed by atoms with Gasteiger partial charge in [0.15, 0.2) is 5.13 Å². The van der Waals surface area contributed by atoms with Crippen molar-refractivity contribution in [1.29, 1.82) is 0 Å². The van der Waals surface area contributed by atoms with E-state index >= 15 is 0 Å². The number of ether oxygens (including phenoxy) is 1. The van der Waals surface area contributed by atoms with Crippen LogP contribution in [0.15, 0.2) is 28.5 Å². The molecule has 142 valence electrons. The Kier molecular flexibility index (Phi) is 5.44. The fourth-order valence-electron chi connectivity index (χ4n) is 2.94. The molecule has 1 aromatic heterocycles. The maximum atomic E-state index is 12.6. The van der Waals surface area contributed by atoms with Crippen molar-refractivity contribution < 1.29 is 14.3 Å². The van der Waals surface area contributed by atoms with Crippen LogP contribution in [0.2, 0.25) is 0 Å². The summed E-state index contributed by atoms with van der Waals surface area (Å²) in [7, 11) is 0. The van der Waals surface area contributed by atoms with Gasteiger partial charge in [0, 0.05) is 35.5 Å². The van der Waals surface area contributed by atoms with Gasteiger partial charge in [-0.2, -0.15) is 0 Å². The van der Waals surface area contributed by atoms with Crippen LogP contribution in [0.1, 0.15) is 23.0 Å². The first-order chi connectivity index (χ1) is 13.1. The van der Waals surface area contributed by atoms with Crippen LogP contribution >= 0.6 is 23.1 Å². The summed E-state index contributed by atoms with van der Waals surface area (Å²) in [4.78, 5) is 32.2. The average molecular weight is 405 g/mol. The second-order valence-electron chi connectivity index (χ2n) is 6.45. The van der Waals surface area contributed by atoms with Crippen molar-refractivity contribution in [3.05, 3.63) is 34.8 Å². The zero-order valence-corrected chi connectivity index (χ0v) is 16.5. The summed E-state index contributed by atoms with van der Waals surface area (Å²) in [6.45, 7) is 5.92. The fourth-order valence-corrected chi connectivity index (χ4v) is 4.57. The molecule has 2 aliphatic heterocycles. The Hall–Kier alpha value is -1.94. The Balaban J connectivity index is 1.41. The molecule has 0 aliphatic carbocycles. The normalized spacial score (nSPS) is 20.0. The van der Waals surface area contributed by atoms with Gasteiger partial charge in [-0.25, -0.2) is 4.98 Å². The lowest BCUT2D eigenvalue weighted by Crippen LogP contribution is -2.35. The number of fused-ring (bicyclic) bond motifs is 1. The molecule has 1 saturated heterocycles. The van der Waals surface area contributed by atoms with Crippen molar-refractivity contribution >= 4 is 45.7 Å². The van der Waals surface area contributed by atoms with Crippen molar-refractivity contribution in [2.24, 2.45) is 0 Å². The predicted molar refractivity (Wildman–Crippen MR) is 107 cm³/mol. The third-order valence-electron chi connectivity index (χ3n) is 4.43. The van der Waals surface area contributed by atoms with Crippen molar-refractivity contribution in [1.82, 2.24) is 9.88 Å². The van der Waals surface area contributed by atoms with Gasteiger partial charge in [-0.1, -0.05) is 0 Å². The molecular formula is C18H20N4O3S2. The molecule has 1 atom stereocenters. The van der Waals surface area contributed by atoms with Gasteiger partial charge in [0.05, 0.1) is 29.8 Å². The van der Waals surface area contributed by atoms with Gasteiger partial charge < -0.3 is 10.1 Å². The average Bonchev–Trinajstić information content (AvgIpc) is 3.10. The minimum absolute atomic E-state index is 0.0438. The molecule has 0 radical (unpaired) electrons. The molecule has 1 aromatic carbocycles. The molecule has 2 aliphatic rings. The van der Waals surface area contributed by atoms with E-state index < -0.39 is 0 Å². The van der Waals surface area contributed by atoms with Crippen molar-refractivity contribution in [3.8, 4) is 0 Å². The third kappa shape index (κ3) is 4.32. The van der Waals surface area contributed by atoms with E-state index in [1.807, 2.05) is 18.4 Å². The Morgan fingerprint density at radius 2 is 2.22 bits per heavy atom. The van der Waals surface area contributed by atoms with E-state index in [-0.39, 0.29) is 17.1 Å². The number of carbonyl (C=O) groups excluding carboxylic acids is 2. The maximum Gasteiger partial charge on any atom is 0.257 e. The van der Waals surface area contributed by atoms with Crippen LogP contribution in [0.5, 0.6) is 0 Å². The quantitative estimate of drug-likeness (QED) is 0.815. The van der Waals surface area contributed by atoms with Gasteiger partial charge in [-0.3, -0.25) is 19.8 Å². The monoisotopic (exact) mass is 404 g/mol. The first kappa shape index (κ1) is 18.4. The van der Waals surface area contributed by atoms with E-state index in [9.17, 15) is 9.59 Å². The lowest BCUT2D eigenvalue weighted by Gasteiger charge is -2.25. The molecule has 2 amide bonds. The van der Waals surface area contributed by atoms with Gasteiger partial charge in [0.1, 0.15) is 0 Å². The largest absolute Gasteiger partial charge is 0.379 e. The first-order valence-corrected chi connectivity index (χ1v) is 10.5. The van der Waals surface area contributed by atoms with Gasteiger partial charge in [-0.05, 0) is 25.1 Å². The van der Waals surface area contributed by atoms with Gasteiger partial charge in [0.25, 0.3) is 5.91 Å². The molecule has 7 nitrogen and oxygen atoms in total. The second-order valence-corrected chi connectivity index (χ2v) is 8.69. The molecule has 2 aromatic rings. The first-order valence-electron chi connectivity index (χ1n) is 8.76. The van der Waals surface area contributed by atoms with Gasteiger partial charge in [-0.15, -0.1) is 23.1 Å². The highest BCUT2D eigenvalue weighted by Gasteiger charge is 2.24. The van der Waals surface area contributed by atoms with Crippen molar-refractivity contribution in [3.63, 3.8) is 0 Å². The zero-order valence-electron chi connectivity index (χ0n) is 14.9. The number of carbonyl (C=O) groups is 2. The summed E-state index contributed by atoms with van der Waals surface area (Å²) in [6, 6.07) is 5.36. The topological polar surface area (TPSA) is 83.6 Å². The second kappa shape index (κ2) is 7.97. The van der Waals surface area contributed by atoms with E-state index in [4.69, 9.17) is 4.74 Å². The molecule has 27 heavy (non-hydrogen) atoms. The summed E-state index contributed by atoms with van der Waals surface area (Å²) in [5.41, 5.74) is 2.12. The predicted octanol–water partition coefficient (Wildman–Crippen LogP) is 2.66. The highest BCUT2D eigenvalue weighted by molar-refractivity contribution is 8.00. The summed E-state index contributed by atoms with van der Waals surface area (Å²) in [5.74, 6) is -0.277. The van der Waals surface area contributed by atoms with Crippen LogP contribution in [0.4, 0.5) is 10.8 Å². The molecule has 4 rings (SSSR count). The van der Waals surface area contributed by atoms with Crippen LogP contribution in [0.3, 0.4) is 0 Å². The minimum atomic E-state index is -0.233. The Morgan fingerprint density at radius 3 is 3.04 bits per heavy atom. The number of hydrogen-bond acceptors (Lipinski definition) is 7. The number of benzene rings is 1. The minimum Gasteiger partial charge on any atom is -0.379 e. The van der Waals surface area contributed by atoms with Crippen LogP contribution in [0.25, 0.3) is 0 Å². The molecule has 1 fully saturated rings. The van der Waals surface area contributed by atoms with E-state index in [1.165, 1.54) is 23.1 Å². The van der Waals surface area contributed by atoms with Crippen molar-refractivity contribution in [2.45, 2.75) is 23.6 Å². The number of morpholine rings is 1. The van der Waals surface area contributed by atoms with Gasteiger partial charge >= 0.3 is 0 Å². The summed E-state index contributed by atoms with van der Waals surface area (Å²) in [6.07, 6.45) is 0. The highest BCUT2D eigenvalue weighted by Crippen LogP contribution is 2.36. The van der Waals surface area contributed by atoms with Crippen LogP contribution in [0, 0.1) is 0 Å². The number of nitrogens with zero attached hydrogens (tertiary/aromatic N) is 2. The molecule has 0 saturated carbocycles. The SMILES string of the molecule is C[C@H]1Sc2ccc(C(=O)Nc3nc(CN4CCOCC4)cs3)cc2NC1=O. The zero-order chi connectivity index (χ0) is 18.8. The number of aromatic nitrogens is 1. The smallest absolute Gasteiger partial charge is 0.257 e. The van der Waals surface area contributed by atoms with E-state index in [0.29, 0.717) is 16.4 Å². The third-order valence-corrected chi connectivity index (χ3v) is 6.42. The molecule has 0 bridgehead atoms. The van der Waals surface area contributed by atoms with E-state index in [1.54, 1.807) is 12.1 Å². The number of nitrogens with one attached hydrogen (secondary N) is 2. The fraction of sp³-hybridized carbons (Fsp3) is 0.389. The molecule has 2 N–H and O–H groups in total. The maximum absolute atomic E-state index is 12.6. The molecular weight excluding hydrogens is 384 g/mol. The van der Waals surface area contributed by atoms with Crippen LogP contribution in [-0.2, 0) is 16.1 Å². The summed E-state index contributed by atoms with van der Waals surface area (Å²) < 4.78 is 5.35. The highest BCUT2D eigenvalue weighted by atomic mass is 32.2. The lowest BCUT2D eigenvalue weighted by atomic mass is 10.2. The molecule has 9 heteroatoms. The summed E-state index contributed by atoms with van der Waals surface area (Å²) >= 11 is 2.91. The van der Waals surface area contributed by atoms with E-state index in [0.717, 1.165) is 43.4 Å². The molecule has 0 unspecified atom stereocenters. The van der Waals surface area contributed by atoms with Crippen molar-refractivity contribution in [2.75, 3.05) is 36.9 Å². The molecule has 3 heterocycles.